The van der Waals surface area contributed by atoms with Gasteiger partial charge in [-0.2, -0.15) is 0 Å². The van der Waals surface area contributed by atoms with Gasteiger partial charge in [0.15, 0.2) is 0 Å². The molecular weight excluding hydrogens is 392 g/mol. The molecule has 0 atom stereocenters. The number of benzene rings is 3. The van der Waals surface area contributed by atoms with Crippen molar-refractivity contribution < 1.29 is 14.3 Å². The number of ether oxygens (including phenoxy) is 1. The molecule has 1 aliphatic heterocycles. The average molecular weight is 416 g/mol. The highest BCUT2D eigenvalue weighted by Gasteiger charge is 2.32. The number of carbonyl (C=O) groups is 2. The van der Waals surface area contributed by atoms with Crippen molar-refractivity contribution in [2.24, 2.45) is 0 Å². The summed E-state index contributed by atoms with van der Waals surface area (Å²) in [7, 11) is 1.57. The predicted molar refractivity (Wildman–Crippen MR) is 122 cm³/mol. The van der Waals surface area contributed by atoms with Crippen LogP contribution in [0.4, 0.5) is 27.5 Å². The Morgan fingerprint density at radius 1 is 0.871 bits per heavy atom. The Morgan fingerprint density at radius 2 is 1.52 bits per heavy atom. The molecule has 1 saturated heterocycles. The van der Waals surface area contributed by atoms with E-state index in [0.717, 1.165) is 11.4 Å². The Balaban J connectivity index is 1.33. The molecule has 0 spiro atoms. The molecule has 1 fully saturated rings. The fourth-order valence-electron chi connectivity index (χ4n) is 3.50. The molecule has 0 radical (unpaired) electrons. The molecule has 0 aromatic heterocycles. The highest BCUT2D eigenvalue weighted by molar-refractivity contribution is 6.00. The fourth-order valence-corrected chi connectivity index (χ4v) is 3.50. The molecular formula is C24H24N4O3. The summed E-state index contributed by atoms with van der Waals surface area (Å²) >= 11 is 0. The third kappa shape index (κ3) is 4.78. The maximum atomic E-state index is 12.8. The van der Waals surface area contributed by atoms with Gasteiger partial charge < -0.3 is 20.3 Å². The second-order valence-corrected chi connectivity index (χ2v) is 7.14. The summed E-state index contributed by atoms with van der Waals surface area (Å²) in [4.78, 5) is 28.5. The number of urea groups is 1. The molecule has 4 rings (SSSR count). The molecule has 0 saturated carbocycles. The maximum Gasteiger partial charge on any atom is 0.325 e. The van der Waals surface area contributed by atoms with Gasteiger partial charge in [0.25, 0.3) is 0 Å². The molecule has 2 N–H and O–H groups in total. The summed E-state index contributed by atoms with van der Waals surface area (Å²) in [5, 5.41) is 6.15. The Labute approximate surface area is 181 Å². The summed E-state index contributed by atoms with van der Waals surface area (Å²) in [5.41, 5.74) is 3.30. The second-order valence-electron chi connectivity index (χ2n) is 7.14. The van der Waals surface area contributed by atoms with E-state index in [2.05, 4.69) is 10.6 Å². The summed E-state index contributed by atoms with van der Waals surface area (Å²) in [5.74, 6) is 0.394. The largest absolute Gasteiger partial charge is 0.495 e. The van der Waals surface area contributed by atoms with Crippen molar-refractivity contribution in [3.8, 4) is 5.75 Å². The Hall–Kier alpha value is -4.00. The van der Waals surface area contributed by atoms with Crippen LogP contribution in [0, 0.1) is 0 Å². The number of hydrogen-bond acceptors (Lipinski definition) is 4. The monoisotopic (exact) mass is 416 g/mol. The molecule has 158 valence electrons. The molecule has 0 bridgehead atoms. The first-order valence-electron chi connectivity index (χ1n) is 10.1. The molecule has 31 heavy (non-hydrogen) atoms. The second kappa shape index (κ2) is 9.21. The van der Waals surface area contributed by atoms with Crippen LogP contribution >= 0.6 is 0 Å². The molecule has 0 aliphatic carbocycles. The van der Waals surface area contributed by atoms with Gasteiger partial charge in [0.05, 0.1) is 12.8 Å². The number of anilines is 4. The van der Waals surface area contributed by atoms with Gasteiger partial charge in [-0.05, 0) is 48.5 Å². The number of para-hydroxylation sites is 3. The van der Waals surface area contributed by atoms with Crippen molar-refractivity contribution in [3.63, 3.8) is 0 Å². The van der Waals surface area contributed by atoms with Crippen LogP contribution in [0.2, 0.25) is 0 Å². The first kappa shape index (κ1) is 20.3. The van der Waals surface area contributed by atoms with Crippen molar-refractivity contribution in [2.75, 3.05) is 42.3 Å². The van der Waals surface area contributed by atoms with Crippen LogP contribution in [-0.4, -0.2) is 43.6 Å². The highest BCUT2D eigenvalue weighted by Crippen LogP contribution is 2.30. The van der Waals surface area contributed by atoms with Crippen LogP contribution in [0.25, 0.3) is 0 Å². The smallest absolute Gasteiger partial charge is 0.325 e. The standard InChI is InChI=1S/C24H24N4O3/c1-31-22-10-6-5-9-21(22)28-16-15-27(24(28)30)17-23(29)26-20-13-11-19(12-14-20)25-18-7-3-2-4-8-18/h2-14,25H,15-17H2,1H3,(H,26,29). The van der Waals surface area contributed by atoms with E-state index in [1.165, 1.54) is 4.90 Å². The topological polar surface area (TPSA) is 73.9 Å². The zero-order chi connectivity index (χ0) is 21.6. The van der Waals surface area contributed by atoms with Crippen LogP contribution in [0.3, 0.4) is 0 Å². The Morgan fingerprint density at radius 3 is 2.26 bits per heavy atom. The molecule has 7 heteroatoms. The van der Waals surface area contributed by atoms with E-state index >= 15 is 0 Å². The van der Waals surface area contributed by atoms with E-state index in [1.54, 1.807) is 12.0 Å². The summed E-state index contributed by atoms with van der Waals surface area (Å²) in [6.07, 6.45) is 0. The van der Waals surface area contributed by atoms with Crippen molar-refractivity contribution >= 4 is 34.7 Å². The minimum absolute atomic E-state index is 0.00546. The maximum absolute atomic E-state index is 12.8. The van der Waals surface area contributed by atoms with Crippen molar-refractivity contribution in [3.05, 3.63) is 78.9 Å². The van der Waals surface area contributed by atoms with Gasteiger partial charge in [0, 0.05) is 30.2 Å². The quantitative estimate of drug-likeness (QED) is 0.602. The number of rotatable bonds is 7. The zero-order valence-corrected chi connectivity index (χ0v) is 17.2. The lowest BCUT2D eigenvalue weighted by Crippen LogP contribution is -2.37. The first-order valence-corrected chi connectivity index (χ1v) is 10.1. The number of hydrogen-bond donors (Lipinski definition) is 2. The van der Waals surface area contributed by atoms with E-state index < -0.39 is 0 Å². The number of nitrogens with one attached hydrogen (secondary N) is 2. The van der Waals surface area contributed by atoms with Gasteiger partial charge in [-0.1, -0.05) is 30.3 Å². The Bertz CT molecular complexity index is 1050. The van der Waals surface area contributed by atoms with Crippen LogP contribution < -0.4 is 20.3 Å². The number of amides is 3. The zero-order valence-electron chi connectivity index (χ0n) is 17.2. The van der Waals surface area contributed by atoms with Gasteiger partial charge in [-0.3, -0.25) is 9.69 Å². The number of carbonyl (C=O) groups excluding carboxylic acids is 2. The lowest BCUT2D eigenvalue weighted by molar-refractivity contribution is -0.116. The van der Waals surface area contributed by atoms with Gasteiger partial charge in [0.1, 0.15) is 12.3 Å². The molecule has 1 heterocycles. The van der Waals surface area contributed by atoms with E-state index in [9.17, 15) is 9.59 Å². The minimum Gasteiger partial charge on any atom is -0.495 e. The van der Waals surface area contributed by atoms with E-state index in [1.807, 2.05) is 78.9 Å². The fraction of sp³-hybridized carbons (Fsp3) is 0.167. The number of methoxy groups -OCH3 is 1. The molecule has 3 aromatic carbocycles. The van der Waals surface area contributed by atoms with E-state index in [4.69, 9.17) is 4.74 Å². The first-order chi connectivity index (χ1) is 15.1. The predicted octanol–water partition coefficient (Wildman–Crippen LogP) is 4.32. The van der Waals surface area contributed by atoms with E-state index in [-0.39, 0.29) is 18.5 Å². The lowest BCUT2D eigenvalue weighted by atomic mass is 10.2. The van der Waals surface area contributed by atoms with Crippen LogP contribution in [0.5, 0.6) is 5.75 Å². The summed E-state index contributed by atoms with van der Waals surface area (Å²) < 4.78 is 5.35. The normalized spacial score (nSPS) is 13.3. The van der Waals surface area contributed by atoms with Crippen LogP contribution in [0.15, 0.2) is 78.9 Å². The van der Waals surface area contributed by atoms with Gasteiger partial charge >= 0.3 is 6.03 Å². The van der Waals surface area contributed by atoms with Gasteiger partial charge in [-0.15, -0.1) is 0 Å². The number of nitrogens with zero attached hydrogens (tertiary/aromatic N) is 2. The van der Waals surface area contributed by atoms with Crippen molar-refractivity contribution in [2.45, 2.75) is 0 Å². The summed E-state index contributed by atoms with van der Waals surface area (Å²) in [6, 6.07) is 24.5. The molecule has 3 amide bonds. The van der Waals surface area contributed by atoms with Crippen molar-refractivity contribution in [1.29, 1.82) is 0 Å². The molecule has 1 aliphatic rings. The molecule has 3 aromatic rings. The summed E-state index contributed by atoms with van der Waals surface area (Å²) in [6.45, 7) is 0.977. The van der Waals surface area contributed by atoms with Crippen LogP contribution in [0.1, 0.15) is 0 Å². The molecule has 0 unspecified atom stereocenters. The highest BCUT2D eigenvalue weighted by atomic mass is 16.5. The molecule has 7 nitrogen and oxygen atoms in total. The van der Waals surface area contributed by atoms with Gasteiger partial charge in [0.2, 0.25) is 5.91 Å². The average Bonchev–Trinajstić information content (AvgIpc) is 3.15. The van der Waals surface area contributed by atoms with Crippen LogP contribution in [-0.2, 0) is 4.79 Å². The third-order valence-corrected chi connectivity index (χ3v) is 5.04. The van der Waals surface area contributed by atoms with Gasteiger partial charge in [-0.25, -0.2) is 4.79 Å². The SMILES string of the molecule is COc1ccccc1N1CCN(CC(=O)Nc2ccc(Nc3ccccc3)cc2)C1=O. The minimum atomic E-state index is -0.237. The lowest BCUT2D eigenvalue weighted by Gasteiger charge is -2.20. The van der Waals surface area contributed by atoms with E-state index in [0.29, 0.717) is 30.2 Å². The Kier molecular flexibility index (Phi) is 6.03. The third-order valence-electron chi connectivity index (χ3n) is 5.04. The van der Waals surface area contributed by atoms with Crippen molar-refractivity contribution in [1.82, 2.24) is 4.90 Å².